The van der Waals surface area contributed by atoms with Gasteiger partial charge in [-0.3, -0.25) is 9.59 Å². The molecule has 0 spiro atoms. The van der Waals surface area contributed by atoms with Crippen molar-refractivity contribution in [3.63, 3.8) is 0 Å². The third-order valence-corrected chi connectivity index (χ3v) is 5.63. The summed E-state index contributed by atoms with van der Waals surface area (Å²) in [4.78, 5) is 28.5. The van der Waals surface area contributed by atoms with Crippen LogP contribution in [0.5, 0.6) is 0 Å². The highest BCUT2D eigenvalue weighted by Gasteiger charge is 2.35. The Bertz CT molecular complexity index is 604. The molecular weight excluding hydrogens is 314 g/mol. The number of nitrogens with one attached hydrogen (secondary N) is 1. The van der Waals surface area contributed by atoms with Crippen molar-refractivity contribution in [1.29, 1.82) is 0 Å². The molecule has 5 nitrogen and oxygen atoms in total. The molecule has 2 heterocycles. The number of amides is 2. The number of piperidine rings is 2. The van der Waals surface area contributed by atoms with Gasteiger partial charge >= 0.3 is 0 Å². The van der Waals surface area contributed by atoms with E-state index >= 15 is 0 Å². The van der Waals surface area contributed by atoms with Gasteiger partial charge in [0.05, 0.1) is 6.04 Å². The molecule has 2 fully saturated rings. The van der Waals surface area contributed by atoms with Gasteiger partial charge in [0.2, 0.25) is 11.8 Å². The van der Waals surface area contributed by atoms with Crippen molar-refractivity contribution in [2.45, 2.75) is 51.6 Å². The van der Waals surface area contributed by atoms with Crippen molar-refractivity contribution in [1.82, 2.24) is 10.2 Å². The van der Waals surface area contributed by atoms with Crippen molar-refractivity contribution < 1.29 is 9.59 Å². The Morgan fingerprint density at radius 3 is 2.64 bits per heavy atom. The molecule has 2 aliphatic rings. The fourth-order valence-corrected chi connectivity index (χ4v) is 4.10. The molecule has 5 heteroatoms. The topological polar surface area (TPSA) is 52.7 Å². The van der Waals surface area contributed by atoms with Crippen LogP contribution in [0.4, 0.5) is 5.69 Å². The highest BCUT2D eigenvalue weighted by atomic mass is 16.2. The number of hydrogen-bond acceptors (Lipinski definition) is 3. The van der Waals surface area contributed by atoms with Crippen LogP contribution in [0.3, 0.4) is 0 Å². The van der Waals surface area contributed by atoms with E-state index < -0.39 is 0 Å². The van der Waals surface area contributed by atoms with Crippen molar-refractivity contribution in [3.05, 3.63) is 30.3 Å². The number of carbonyl (C=O) groups excluding carboxylic acids is 2. The molecule has 1 aromatic carbocycles. The predicted octanol–water partition coefficient (Wildman–Crippen LogP) is 2.42. The van der Waals surface area contributed by atoms with Crippen LogP contribution in [0.15, 0.2) is 30.3 Å². The van der Waals surface area contributed by atoms with Crippen LogP contribution in [-0.2, 0) is 9.59 Å². The average Bonchev–Trinajstić information content (AvgIpc) is 2.64. The van der Waals surface area contributed by atoms with Crippen molar-refractivity contribution in [3.8, 4) is 0 Å². The van der Waals surface area contributed by atoms with Gasteiger partial charge < -0.3 is 15.1 Å². The molecule has 0 aromatic heterocycles. The molecule has 1 N–H and O–H groups in total. The van der Waals surface area contributed by atoms with E-state index in [-0.39, 0.29) is 17.9 Å². The molecule has 1 aromatic rings. The number of anilines is 1. The van der Waals surface area contributed by atoms with Crippen molar-refractivity contribution in [2.24, 2.45) is 5.92 Å². The van der Waals surface area contributed by atoms with E-state index in [1.54, 1.807) is 6.92 Å². The zero-order valence-corrected chi connectivity index (χ0v) is 15.3. The maximum absolute atomic E-state index is 13.0. The Morgan fingerprint density at radius 2 is 1.96 bits per heavy atom. The van der Waals surface area contributed by atoms with Crippen LogP contribution in [-0.4, -0.2) is 48.4 Å². The van der Waals surface area contributed by atoms with Crippen molar-refractivity contribution in [2.75, 3.05) is 24.5 Å². The first-order valence-corrected chi connectivity index (χ1v) is 9.48. The molecule has 0 radical (unpaired) electrons. The normalized spacial score (nSPS) is 27.4. The summed E-state index contributed by atoms with van der Waals surface area (Å²) < 4.78 is 0. The van der Waals surface area contributed by atoms with Crippen molar-refractivity contribution >= 4 is 17.5 Å². The number of benzene rings is 1. The first-order valence-electron chi connectivity index (χ1n) is 9.48. The highest BCUT2D eigenvalue weighted by Crippen LogP contribution is 2.25. The van der Waals surface area contributed by atoms with Crippen LogP contribution in [0.1, 0.15) is 39.5 Å². The largest absolute Gasteiger partial charge is 0.343 e. The smallest absolute Gasteiger partial charge is 0.244 e. The average molecular weight is 343 g/mol. The zero-order chi connectivity index (χ0) is 17.8. The van der Waals surface area contributed by atoms with Crippen LogP contribution >= 0.6 is 0 Å². The van der Waals surface area contributed by atoms with Gasteiger partial charge in [-0.2, -0.15) is 0 Å². The summed E-state index contributed by atoms with van der Waals surface area (Å²) in [6, 6.07) is 10.1. The fourth-order valence-electron chi connectivity index (χ4n) is 4.10. The number of nitrogens with zero attached hydrogens (tertiary/aromatic N) is 2. The number of para-hydroxylation sites is 1. The molecule has 136 valence electrons. The molecule has 3 atom stereocenters. The van der Waals surface area contributed by atoms with E-state index in [1.165, 1.54) is 0 Å². The van der Waals surface area contributed by atoms with Crippen LogP contribution < -0.4 is 10.2 Å². The van der Waals surface area contributed by atoms with Crippen LogP contribution in [0.2, 0.25) is 0 Å². The fraction of sp³-hybridized carbons (Fsp3) is 0.600. The third kappa shape index (κ3) is 4.03. The van der Waals surface area contributed by atoms with E-state index in [0.717, 1.165) is 51.0 Å². The Balaban J connectivity index is 1.65. The second kappa shape index (κ2) is 8.00. The first-order chi connectivity index (χ1) is 12.1. The van der Waals surface area contributed by atoms with E-state index in [2.05, 4.69) is 12.2 Å². The van der Waals surface area contributed by atoms with Gasteiger partial charge in [-0.05, 0) is 37.3 Å². The van der Waals surface area contributed by atoms with Crippen LogP contribution in [0, 0.1) is 5.92 Å². The van der Waals surface area contributed by atoms with Crippen LogP contribution in [0.25, 0.3) is 0 Å². The molecule has 0 bridgehead atoms. The minimum Gasteiger partial charge on any atom is -0.343 e. The molecule has 2 aliphatic heterocycles. The molecule has 0 aliphatic carbocycles. The number of carbonyl (C=O) groups is 2. The van der Waals surface area contributed by atoms with E-state index in [4.69, 9.17) is 0 Å². The molecule has 25 heavy (non-hydrogen) atoms. The van der Waals surface area contributed by atoms with Gasteiger partial charge in [-0.1, -0.05) is 31.5 Å². The standard InChI is InChI=1S/C20H29N3O2/c1-3-16-14-22(15(2)24)13-11-18(16)21-19-10-7-12-23(20(19)25)17-8-5-4-6-9-17/h4-6,8-9,16,18-19,21H,3,7,10-14H2,1-2H3/t16-,18+,19+/m1/s1. The quantitative estimate of drug-likeness (QED) is 0.913. The molecule has 2 saturated heterocycles. The Kier molecular flexibility index (Phi) is 5.74. The molecule has 3 rings (SSSR count). The van der Waals surface area contributed by atoms with Gasteiger partial charge in [0, 0.05) is 38.3 Å². The molecule has 0 unspecified atom stereocenters. The highest BCUT2D eigenvalue weighted by molar-refractivity contribution is 5.97. The summed E-state index contributed by atoms with van der Waals surface area (Å²) in [5.41, 5.74) is 0.984. The number of likely N-dealkylation sites (tertiary alicyclic amines) is 1. The van der Waals surface area contributed by atoms with E-state index in [1.807, 2.05) is 40.1 Å². The van der Waals surface area contributed by atoms with E-state index in [9.17, 15) is 9.59 Å². The maximum Gasteiger partial charge on any atom is 0.244 e. The lowest BCUT2D eigenvalue weighted by Gasteiger charge is -2.41. The summed E-state index contributed by atoms with van der Waals surface area (Å²) in [5.74, 6) is 0.750. The van der Waals surface area contributed by atoms with Gasteiger partial charge in [0.25, 0.3) is 0 Å². The lowest BCUT2D eigenvalue weighted by Crippen LogP contribution is -2.58. The SMILES string of the molecule is CC[C@@H]1CN(C(C)=O)CC[C@@H]1N[C@H]1CCCN(c2ccccc2)C1=O. The monoisotopic (exact) mass is 343 g/mol. The maximum atomic E-state index is 13.0. The summed E-state index contributed by atoms with van der Waals surface area (Å²) >= 11 is 0. The number of hydrogen-bond donors (Lipinski definition) is 1. The summed E-state index contributed by atoms with van der Waals surface area (Å²) in [6.07, 6.45) is 3.85. The zero-order valence-electron chi connectivity index (χ0n) is 15.3. The van der Waals surface area contributed by atoms with E-state index in [0.29, 0.717) is 12.0 Å². The lowest BCUT2D eigenvalue weighted by atomic mass is 9.88. The lowest BCUT2D eigenvalue weighted by molar-refractivity contribution is -0.131. The molecule has 2 amide bonds. The number of rotatable bonds is 4. The predicted molar refractivity (Wildman–Crippen MR) is 99.4 cm³/mol. The molecule has 0 saturated carbocycles. The second-order valence-corrected chi connectivity index (χ2v) is 7.22. The van der Waals surface area contributed by atoms with Gasteiger partial charge in [0.1, 0.15) is 0 Å². The van der Waals surface area contributed by atoms with Gasteiger partial charge in [0.15, 0.2) is 0 Å². The Labute approximate surface area is 150 Å². The Hall–Kier alpha value is -1.88. The van der Waals surface area contributed by atoms with Gasteiger partial charge in [-0.15, -0.1) is 0 Å². The third-order valence-electron chi connectivity index (χ3n) is 5.63. The Morgan fingerprint density at radius 1 is 1.20 bits per heavy atom. The summed E-state index contributed by atoms with van der Waals surface area (Å²) in [6.45, 7) is 6.19. The van der Waals surface area contributed by atoms with Gasteiger partial charge in [-0.25, -0.2) is 0 Å². The summed E-state index contributed by atoms with van der Waals surface area (Å²) in [7, 11) is 0. The second-order valence-electron chi connectivity index (χ2n) is 7.22. The minimum absolute atomic E-state index is 0.114. The minimum atomic E-state index is -0.114. The summed E-state index contributed by atoms with van der Waals surface area (Å²) in [5, 5.41) is 3.64. The first kappa shape index (κ1) is 17.9. The molecular formula is C20H29N3O2.